The van der Waals surface area contributed by atoms with Crippen LogP contribution in [0.2, 0.25) is 0 Å². The van der Waals surface area contributed by atoms with Gasteiger partial charge in [0.05, 0.1) is 20.8 Å². The van der Waals surface area contributed by atoms with Gasteiger partial charge in [0, 0.05) is 26.7 Å². The maximum Gasteiger partial charge on any atom is 0.191 e. The lowest BCUT2D eigenvalue weighted by atomic mass is 10.1. The first kappa shape index (κ1) is 21.6. The van der Waals surface area contributed by atoms with Crippen molar-refractivity contribution in [2.24, 2.45) is 4.99 Å². The van der Waals surface area contributed by atoms with Gasteiger partial charge in [-0.05, 0) is 42.2 Å². The average molecular weight is 386 g/mol. The monoisotopic (exact) mass is 385 g/mol. The summed E-state index contributed by atoms with van der Waals surface area (Å²) in [5.74, 6) is 2.25. The highest BCUT2D eigenvalue weighted by Crippen LogP contribution is 2.27. The standard InChI is InChI=1S/C22H31N3O3/c1-5-28-16-19-9-7-6-8-18(19)15-25-22(23-2)24-13-12-17-10-11-20(26-3)21(14-17)27-4/h6-11,14H,5,12-13,15-16H2,1-4H3,(H2,23,24,25). The Kier molecular flexibility index (Phi) is 9.15. The molecule has 0 atom stereocenters. The maximum absolute atomic E-state index is 5.55. The summed E-state index contributed by atoms with van der Waals surface area (Å²) in [6.07, 6.45) is 0.849. The third-order valence-corrected chi connectivity index (χ3v) is 4.40. The SMILES string of the molecule is CCOCc1ccccc1CNC(=NC)NCCc1ccc(OC)c(OC)c1. The summed E-state index contributed by atoms with van der Waals surface area (Å²) in [6.45, 7) is 4.79. The van der Waals surface area contributed by atoms with Crippen LogP contribution in [0.3, 0.4) is 0 Å². The highest BCUT2D eigenvalue weighted by molar-refractivity contribution is 5.79. The van der Waals surface area contributed by atoms with E-state index in [-0.39, 0.29) is 0 Å². The number of guanidine groups is 1. The van der Waals surface area contributed by atoms with E-state index < -0.39 is 0 Å². The zero-order valence-corrected chi connectivity index (χ0v) is 17.2. The van der Waals surface area contributed by atoms with Gasteiger partial charge in [-0.15, -0.1) is 0 Å². The predicted molar refractivity (Wildman–Crippen MR) is 113 cm³/mol. The molecule has 0 saturated heterocycles. The van der Waals surface area contributed by atoms with E-state index in [9.17, 15) is 0 Å². The molecular formula is C22H31N3O3. The third-order valence-electron chi connectivity index (χ3n) is 4.40. The van der Waals surface area contributed by atoms with Crippen LogP contribution in [0.5, 0.6) is 11.5 Å². The Hall–Kier alpha value is -2.73. The van der Waals surface area contributed by atoms with Gasteiger partial charge in [0.2, 0.25) is 0 Å². The number of benzene rings is 2. The Balaban J connectivity index is 1.85. The minimum Gasteiger partial charge on any atom is -0.493 e. The normalized spacial score (nSPS) is 11.2. The molecule has 0 heterocycles. The van der Waals surface area contributed by atoms with Crippen LogP contribution < -0.4 is 20.1 Å². The number of hydrogen-bond acceptors (Lipinski definition) is 4. The van der Waals surface area contributed by atoms with Crippen LogP contribution in [0.25, 0.3) is 0 Å². The van der Waals surface area contributed by atoms with Crippen LogP contribution in [-0.4, -0.2) is 40.4 Å². The van der Waals surface area contributed by atoms with E-state index in [1.54, 1.807) is 21.3 Å². The van der Waals surface area contributed by atoms with Crippen LogP contribution in [0.4, 0.5) is 0 Å². The molecule has 0 saturated carbocycles. The Labute approximate surface area is 167 Å². The van der Waals surface area contributed by atoms with Crippen molar-refractivity contribution in [1.82, 2.24) is 10.6 Å². The summed E-state index contributed by atoms with van der Waals surface area (Å²) in [5, 5.41) is 6.72. The first-order valence-corrected chi connectivity index (χ1v) is 9.51. The second-order valence-corrected chi connectivity index (χ2v) is 6.20. The second-order valence-electron chi connectivity index (χ2n) is 6.20. The van der Waals surface area contributed by atoms with Crippen molar-refractivity contribution < 1.29 is 14.2 Å². The van der Waals surface area contributed by atoms with Crippen molar-refractivity contribution >= 4 is 5.96 Å². The van der Waals surface area contributed by atoms with E-state index in [0.29, 0.717) is 19.8 Å². The Morgan fingerprint density at radius 2 is 1.71 bits per heavy atom. The molecule has 6 heteroatoms. The number of ether oxygens (including phenoxy) is 3. The smallest absolute Gasteiger partial charge is 0.191 e. The topological polar surface area (TPSA) is 64.1 Å². The molecule has 2 N–H and O–H groups in total. The highest BCUT2D eigenvalue weighted by atomic mass is 16.5. The van der Waals surface area contributed by atoms with E-state index in [1.807, 2.05) is 37.3 Å². The molecule has 2 aromatic carbocycles. The number of nitrogens with one attached hydrogen (secondary N) is 2. The fraction of sp³-hybridized carbons (Fsp3) is 0.409. The molecule has 28 heavy (non-hydrogen) atoms. The third kappa shape index (κ3) is 6.46. The summed E-state index contributed by atoms with van der Waals surface area (Å²) in [4.78, 5) is 4.31. The number of methoxy groups -OCH3 is 2. The summed E-state index contributed by atoms with van der Waals surface area (Å²) in [5.41, 5.74) is 3.57. The summed E-state index contributed by atoms with van der Waals surface area (Å²) >= 11 is 0. The van der Waals surface area contributed by atoms with Gasteiger partial charge < -0.3 is 24.8 Å². The minimum atomic E-state index is 0.625. The summed E-state index contributed by atoms with van der Waals surface area (Å²) < 4.78 is 16.2. The van der Waals surface area contributed by atoms with Crippen molar-refractivity contribution in [3.05, 3.63) is 59.2 Å². The molecule has 0 radical (unpaired) electrons. The largest absolute Gasteiger partial charge is 0.493 e. The van der Waals surface area contributed by atoms with Gasteiger partial charge in [-0.2, -0.15) is 0 Å². The highest BCUT2D eigenvalue weighted by Gasteiger charge is 2.06. The van der Waals surface area contributed by atoms with Crippen LogP contribution in [0.1, 0.15) is 23.6 Å². The molecule has 0 aromatic heterocycles. The lowest BCUT2D eigenvalue weighted by Crippen LogP contribution is -2.38. The predicted octanol–water partition coefficient (Wildman–Crippen LogP) is 3.15. The number of hydrogen-bond donors (Lipinski definition) is 2. The van der Waals surface area contributed by atoms with E-state index in [0.717, 1.165) is 30.4 Å². The molecule has 0 amide bonds. The van der Waals surface area contributed by atoms with Gasteiger partial charge in [0.25, 0.3) is 0 Å². The molecule has 2 rings (SSSR count). The molecule has 0 unspecified atom stereocenters. The fourth-order valence-electron chi connectivity index (χ4n) is 2.84. The molecule has 2 aromatic rings. The van der Waals surface area contributed by atoms with Gasteiger partial charge >= 0.3 is 0 Å². The molecule has 152 valence electrons. The van der Waals surface area contributed by atoms with Gasteiger partial charge in [-0.3, -0.25) is 4.99 Å². The number of rotatable bonds is 10. The van der Waals surface area contributed by atoms with E-state index in [2.05, 4.69) is 27.8 Å². The second kappa shape index (κ2) is 11.9. The Bertz CT molecular complexity index is 762. The quantitative estimate of drug-likeness (QED) is 0.486. The maximum atomic E-state index is 5.55. The molecule has 6 nitrogen and oxygen atoms in total. The molecule has 0 aliphatic heterocycles. The molecule has 0 aliphatic carbocycles. The zero-order chi connectivity index (χ0) is 20.2. The minimum absolute atomic E-state index is 0.625. The molecule has 0 aliphatic rings. The van der Waals surface area contributed by atoms with E-state index >= 15 is 0 Å². The molecule has 0 fully saturated rings. The van der Waals surface area contributed by atoms with E-state index in [4.69, 9.17) is 14.2 Å². The fourth-order valence-corrected chi connectivity index (χ4v) is 2.84. The zero-order valence-electron chi connectivity index (χ0n) is 17.2. The summed E-state index contributed by atoms with van der Waals surface area (Å²) in [6, 6.07) is 14.3. The van der Waals surface area contributed by atoms with Gasteiger partial charge in [0.15, 0.2) is 17.5 Å². The first-order chi connectivity index (χ1) is 13.7. The van der Waals surface area contributed by atoms with Crippen molar-refractivity contribution in [1.29, 1.82) is 0 Å². The molecule has 0 bridgehead atoms. The van der Waals surface area contributed by atoms with Crippen LogP contribution >= 0.6 is 0 Å². The molecule has 0 spiro atoms. The average Bonchev–Trinajstić information content (AvgIpc) is 2.75. The van der Waals surface area contributed by atoms with Crippen LogP contribution in [0, 0.1) is 0 Å². The van der Waals surface area contributed by atoms with Crippen molar-refractivity contribution in [3.8, 4) is 11.5 Å². The van der Waals surface area contributed by atoms with E-state index in [1.165, 1.54) is 16.7 Å². The van der Waals surface area contributed by atoms with Crippen molar-refractivity contribution in [2.45, 2.75) is 26.5 Å². The number of aliphatic imine (C=N–C) groups is 1. The lowest BCUT2D eigenvalue weighted by Gasteiger charge is -2.15. The van der Waals surface area contributed by atoms with Crippen molar-refractivity contribution in [3.63, 3.8) is 0 Å². The van der Waals surface area contributed by atoms with Gasteiger partial charge in [-0.1, -0.05) is 30.3 Å². The summed E-state index contributed by atoms with van der Waals surface area (Å²) in [7, 11) is 5.06. The first-order valence-electron chi connectivity index (χ1n) is 9.51. The van der Waals surface area contributed by atoms with Gasteiger partial charge in [-0.25, -0.2) is 0 Å². The van der Waals surface area contributed by atoms with Crippen LogP contribution in [0.15, 0.2) is 47.5 Å². The van der Waals surface area contributed by atoms with Crippen molar-refractivity contribution in [2.75, 3.05) is 34.4 Å². The Morgan fingerprint density at radius 3 is 2.39 bits per heavy atom. The Morgan fingerprint density at radius 1 is 0.964 bits per heavy atom. The molecular weight excluding hydrogens is 354 g/mol. The lowest BCUT2D eigenvalue weighted by molar-refractivity contribution is 0.133. The van der Waals surface area contributed by atoms with Gasteiger partial charge in [0.1, 0.15) is 0 Å². The number of nitrogens with zero attached hydrogens (tertiary/aromatic N) is 1. The van der Waals surface area contributed by atoms with Crippen LogP contribution in [-0.2, 0) is 24.3 Å².